The van der Waals surface area contributed by atoms with Crippen LogP contribution < -0.4 is 0 Å². The minimum Gasteiger partial charge on any atom is -0.389 e. The molecule has 1 aromatic heterocycles. The monoisotopic (exact) mass is 306 g/mol. The summed E-state index contributed by atoms with van der Waals surface area (Å²) in [5.41, 5.74) is 3.24. The lowest BCUT2D eigenvalue weighted by Crippen LogP contribution is -2.02. The van der Waals surface area contributed by atoms with Crippen molar-refractivity contribution in [2.75, 3.05) is 0 Å². The molecular weight excluding hydrogens is 292 g/mol. The van der Waals surface area contributed by atoms with Crippen LogP contribution in [0, 0.1) is 0 Å². The van der Waals surface area contributed by atoms with Gasteiger partial charge in [-0.15, -0.1) is 0 Å². The van der Waals surface area contributed by atoms with Gasteiger partial charge in [0.15, 0.2) is 0 Å². The SMILES string of the molecule is CC(O)c1ccc(-n2ncc(Br)c2C2CC2)cc1. The first-order valence-electron chi connectivity index (χ1n) is 6.18. The predicted octanol–water partition coefficient (Wildman–Crippen LogP) is 3.57. The average Bonchev–Trinajstić information content (AvgIpc) is 3.13. The standard InChI is InChI=1S/C14H15BrN2O/c1-9(18)10-4-6-12(7-5-10)17-14(11-2-3-11)13(15)8-16-17/h4-9,11,18H,2-3H2,1H3. The van der Waals surface area contributed by atoms with Crippen LogP contribution in [0.2, 0.25) is 0 Å². The Labute approximate surface area is 115 Å². The molecule has 1 aromatic carbocycles. The second-order valence-electron chi connectivity index (χ2n) is 4.83. The summed E-state index contributed by atoms with van der Waals surface area (Å²) in [4.78, 5) is 0. The molecule has 0 amide bonds. The molecule has 94 valence electrons. The lowest BCUT2D eigenvalue weighted by Gasteiger charge is -2.09. The third-order valence-electron chi connectivity index (χ3n) is 3.34. The Bertz CT molecular complexity index is 556. The van der Waals surface area contributed by atoms with Crippen molar-refractivity contribution in [1.82, 2.24) is 9.78 Å². The molecule has 1 atom stereocenters. The molecule has 1 fully saturated rings. The van der Waals surface area contributed by atoms with Gasteiger partial charge >= 0.3 is 0 Å². The molecule has 1 aliphatic rings. The van der Waals surface area contributed by atoms with Crippen LogP contribution in [0.5, 0.6) is 0 Å². The van der Waals surface area contributed by atoms with Crippen molar-refractivity contribution in [3.8, 4) is 5.69 Å². The van der Waals surface area contributed by atoms with E-state index in [4.69, 9.17) is 0 Å². The number of halogens is 1. The van der Waals surface area contributed by atoms with Crippen LogP contribution in [0.15, 0.2) is 34.9 Å². The summed E-state index contributed by atoms with van der Waals surface area (Å²) < 4.78 is 3.08. The quantitative estimate of drug-likeness (QED) is 0.941. The highest BCUT2D eigenvalue weighted by atomic mass is 79.9. The number of aromatic nitrogens is 2. The highest BCUT2D eigenvalue weighted by Gasteiger charge is 2.30. The molecule has 1 heterocycles. The number of aliphatic hydroxyl groups excluding tert-OH is 1. The molecule has 18 heavy (non-hydrogen) atoms. The van der Waals surface area contributed by atoms with E-state index in [1.165, 1.54) is 18.5 Å². The molecule has 2 aromatic rings. The number of nitrogens with zero attached hydrogens (tertiary/aromatic N) is 2. The highest BCUT2D eigenvalue weighted by Crippen LogP contribution is 2.43. The van der Waals surface area contributed by atoms with Crippen molar-refractivity contribution in [2.24, 2.45) is 0 Å². The van der Waals surface area contributed by atoms with Gasteiger partial charge in [-0.25, -0.2) is 4.68 Å². The zero-order valence-electron chi connectivity index (χ0n) is 10.2. The van der Waals surface area contributed by atoms with Gasteiger partial charge in [0, 0.05) is 5.92 Å². The second kappa shape index (κ2) is 4.52. The van der Waals surface area contributed by atoms with Gasteiger partial charge in [0.05, 0.1) is 28.2 Å². The highest BCUT2D eigenvalue weighted by molar-refractivity contribution is 9.10. The molecule has 4 heteroatoms. The number of aliphatic hydroxyl groups is 1. The summed E-state index contributed by atoms with van der Waals surface area (Å²) in [5.74, 6) is 0.637. The Morgan fingerprint density at radius 1 is 1.33 bits per heavy atom. The minimum atomic E-state index is -0.425. The molecule has 0 radical (unpaired) electrons. The summed E-state index contributed by atoms with van der Waals surface area (Å²) >= 11 is 3.57. The van der Waals surface area contributed by atoms with Crippen molar-refractivity contribution in [1.29, 1.82) is 0 Å². The molecule has 0 aliphatic heterocycles. The Morgan fingerprint density at radius 3 is 2.56 bits per heavy atom. The van der Waals surface area contributed by atoms with Crippen molar-refractivity contribution < 1.29 is 5.11 Å². The van der Waals surface area contributed by atoms with E-state index < -0.39 is 6.10 Å². The molecule has 1 saturated carbocycles. The fourth-order valence-corrected chi connectivity index (χ4v) is 2.75. The Hall–Kier alpha value is -1.13. The third kappa shape index (κ3) is 2.10. The molecule has 0 saturated heterocycles. The van der Waals surface area contributed by atoms with Crippen LogP contribution in [0.3, 0.4) is 0 Å². The normalized spacial score (nSPS) is 16.8. The van der Waals surface area contributed by atoms with Crippen LogP contribution >= 0.6 is 15.9 Å². The van der Waals surface area contributed by atoms with Crippen LogP contribution in [-0.4, -0.2) is 14.9 Å². The number of hydrogen-bond donors (Lipinski definition) is 1. The van der Waals surface area contributed by atoms with Crippen LogP contribution in [0.1, 0.15) is 43.0 Å². The van der Waals surface area contributed by atoms with Crippen molar-refractivity contribution in [2.45, 2.75) is 31.8 Å². The van der Waals surface area contributed by atoms with E-state index in [9.17, 15) is 5.11 Å². The topological polar surface area (TPSA) is 38.0 Å². The van der Waals surface area contributed by atoms with E-state index in [0.29, 0.717) is 5.92 Å². The molecule has 0 bridgehead atoms. The van der Waals surface area contributed by atoms with E-state index in [0.717, 1.165) is 15.7 Å². The first-order chi connectivity index (χ1) is 8.66. The molecule has 0 spiro atoms. The second-order valence-corrected chi connectivity index (χ2v) is 5.69. The number of benzene rings is 1. The average molecular weight is 307 g/mol. The summed E-state index contributed by atoms with van der Waals surface area (Å²) in [6.45, 7) is 1.77. The molecule has 3 rings (SSSR count). The molecule has 1 unspecified atom stereocenters. The maximum atomic E-state index is 9.51. The van der Waals surface area contributed by atoms with Gasteiger partial charge < -0.3 is 5.11 Å². The first-order valence-corrected chi connectivity index (χ1v) is 6.98. The summed E-state index contributed by atoms with van der Waals surface area (Å²) in [5, 5.41) is 13.9. The van der Waals surface area contributed by atoms with Crippen LogP contribution in [-0.2, 0) is 0 Å². The number of rotatable bonds is 3. The zero-order valence-corrected chi connectivity index (χ0v) is 11.8. The summed E-state index contributed by atoms with van der Waals surface area (Å²) in [6.07, 6.45) is 3.92. The van der Waals surface area contributed by atoms with Crippen molar-refractivity contribution in [3.63, 3.8) is 0 Å². The van der Waals surface area contributed by atoms with Gasteiger partial charge in [-0.3, -0.25) is 0 Å². The van der Waals surface area contributed by atoms with E-state index in [-0.39, 0.29) is 0 Å². The van der Waals surface area contributed by atoms with Gasteiger partial charge in [-0.2, -0.15) is 5.10 Å². The largest absolute Gasteiger partial charge is 0.389 e. The lowest BCUT2D eigenvalue weighted by molar-refractivity contribution is 0.199. The van der Waals surface area contributed by atoms with Gasteiger partial charge in [-0.05, 0) is 53.4 Å². The maximum absolute atomic E-state index is 9.51. The fraction of sp³-hybridized carbons (Fsp3) is 0.357. The van der Waals surface area contributed by atoms with Crippen molar-refractivity contribution >= 4 is 15.9 Å². The summed E-state index contributed by atoms with van der Waals surface area (Å²) in [6, 6.07) is 7.92. The van der Waals surface area contributed by atoms with Crippen molar-refractivity contribution in [3.05, 3.63) is 46.2 Å². The zero-order chi connectivity index (χ0) is 12.7. The van der Waals surface area contributed by atoms with E-state index in [1.807, 2.05) is 35.1 Å². The Morgan fingerprint density at radius 2 is 2.00 bits per heavy atom. The van der Waals surface area contributed by atoms with E-state index >= 15 is 0 Å². The molecule has 1 N–H and O–H groups in total. The Balaban J connectivity index is 1.99. The van der Waals surface area contributed by atoms with Gasteiger partial charge in [0.25, 0.3) is 0 Å². The third-order valence-corrected chi connectivity index (χ3v) is 3.95. The first kappa shape index (κ1) is 11.9. The number of hydrogen-bond acceptors (Lipinski definition) is 2. The molecular formula is C14H15BrN2O. The molecule has 1 aliphatic carbocycles. The van der Waals surface area contributed by atoms with E-state index in [1.54, 1.807) is 6.92 Å². The smallest absolute Gasteiger partial charge is 0.0761 e. The van der Waals surface area contributed by atoms with Crippen LogP contribution in [0.25, 0.3) is 5.69 Å². The fourth-order valence-electron chi connectivity index (χ4n) is 2.16. The molecule has 3 nitrogen and oxygen atoms in total. The van der Waals surface area contributed by atoms with Crippen LogP contribution in [0.4, 0.5) is 0 Å². The van der Waals surface area contributed by atoms with E-state index in [2.05, 4.69) is 21.0 Å². The lowest BCUT2D eigenvalue weighted by atomic mass is 10.1. The van der Waals surface area contributed by atoms with Gasteiger partial charge in [0.1, 0.15) is 0 Å². The van der Waals surface area contributed by atoms with Gasteiger partial charge in [0.2, 0.25) is 0 Å². The Kier molecular flexibility index (Phi) is 2.99. The summed E-state index contributed by atoms with van der Waals surface area (Å²) in [7, 11) is 0. The van der Waals surface area contributed by atoms with Gasteiger partial charge in [-0.1, -0.05) is 12.1 Å². The minimum absolute atomic E-state index is 0.425. The maximum Gasteiger partial charge on any atom is 0.0761 e. The predicted molar refractivity (Wildman–Crippen MR) is 73.9 cm³/mol.